The van der Waals surface area contributed by atoms with Crippen LogP contribution in [0.4, 0.5) is 0 Å². The molecule has 1 N–H and O–H groups in total. The quantitative estimate of drug-likeness (QED) is 0.720. The van der Waals surface area contributed by atoms with E-state index in [0.717, 1.165) is 36.3 Å². The van der Waals surface area contributed by atoms with Gasteiger partial charge in [-0.3, -0.25) is 0 Å². The topological polar surface area (TPSA) is 21.3 Å². The highest BCUT2D eigenvalue weighted by atomic mass is 79.9. The van der Waals surface area contributed by atoms with E-state index in [1.165, 1.54) is 36.1 Å². The number of benzene rings is 1. The molecule has 1 aromatic rings. The van der Waals surface area contributed by atoms with Gasteiger partial charge < -0.3 is 10.1 Å². The molecule has 2 rings (SSSR count). The van der Waals surface area contributed by atoms with Crippen molar-refractivity contribution in [3.63, 3.8) is 0 Å². The van der Waals surface area contributed by atoms with Crippen molar-refractivity contribution in [3.05, 3.63) is 27.7 Å². The first-order valence-electron chi connectivity index (χ1n) is 6.95. The van der Waals surface area contributed by atoms with E-state index in [2.05, 4.69) is 39.6 Å². The molecule has 0 saturated carbocycles. The largest absolute Gasteiger partial charge is 0.493 e. The highest BCUT2D eigenvalue weighted by Gasteiger charge is 2.16. The minimum absolute atomic E-state index is 0.827. The van der Waals surface area contributed by atoms with Gasteiger partial charge in [-0.15, -0.1) is 0 Å². The summed E-state index contributed by atoms with van der Waals surface area (Å²) in [6, 6.07) is 4.35. The summed E-state index contributed by atoms with van der Waals surface area (Å²) in [5, 5.41) is 3.53. The summed E-state index contributed by atoms with van der Waals surface area (Å²) in [7, 11) is 0. The van der Waals surface area contributed by atoms with Crippen LogP contribution in [-0.4, -0.2) is 25.2 Å². The van der Waals surface area contributed by atoms with Gasteiger partial charge in [0.1, 0.15) is 5.75 Å². The Hall–Kier alpha value is -0.190. The summed E-state index contributed by atoms with van der Waals surface area (Å²) in [4.78, 5) is 0. The molecule has 0 fully saturated rings. The Morgan fingerprint density at radius 3 is 3.05 bits per heavy atom. The lowest BCUT2D eigenvalue weighted by atomic mass is 10.1. The molecule has 0 unspecified atom stereocenters. The van der Waals surface area contributed by atoms with E-state index < -0.39 is 0 Å². The van der Waals surface area contributed by atoms with E-state index in [9.17, 15) is 0 Å². The molecule has 1 heterocycles. The van der Waals surface area contributed by atoms with Gasteiger partial charge in [0.2, 0.25) is 0 Å². The van der Waals surface area contributed by atoms with Crippen molar-refractivity contribution < 1.29 is 4.74 Å². The zero-order valence-corrected chi connectivity index (χ0v) is 13.9. The van der Waals surface area contributed by atoms with E-state index in [-0.39, 0.29) is 0 Å². The van der Waals surface area contributed by atoms with Gasteiger partial charge in [0.15, 0.2) is 0 Å². The van der Waals surface area contributed by atoms with Crippen LogP contribution in [0.1, 0.15) is 30.4 Å². The number of ether oxygens (including phenoxy) is 1. The number of rotatable bonds is 8. The van der Waals surface area contributed by atoms with Crippen LogP contribution < -0.4 is 10.1 Å². The maximum Gasteiger partial charge on any atom is 0.127 e. The molecule has 0 aromatic heterocycles. The second kappa shape index (κ2) is 8.18. The Bertz CT molecular complexity index is 411. The smallest absolute Gasteiger partial charge is 0.127 e. The van der Waals surface area contributed by atoms with Gasteiger partial charge in [-0.05, 0) is 49.1 Å². The number of hydrogen-bond donors (Lipinski definition) is 1. The van der Waals surface area contributed by atoms with Crippen LogP contribution in [0.15, 0.2) is 16.6 Å². The highest BCUT2D eigenvalue weighted by Crippen LogP contribution is 2.32. The second-order valence-electron chi connectivity index (χ2n) is 4.88. The molecule has 0 saturated heterocycles. The van der Waals surface area contributed by atoms with Crippen LogP contribution in [-0.2, 0) is 13.0 Å². The average molecular weight is 344 g/mol. The molecule has 0 radical (unpaired) electrons. The van der Waals surface area contributed by atoms with Crippen LogP contribution in [0.3, 0.4) is 0 Å². The minimum Gasteiger partial charge on any atom is -0.493 e. The van der Waals surface area contributed by atoms with Crippen LogP contribution >= 0.6 is 27.7 Å². The van der Waals surface area contributed by atoms with Gasteiger partial charge in [-0.25, -0.2) is 0 Å². The molecular weight excluding hydrogens is 322 g/mol. The monoisotopic (exact) mass is 343 g/mol. The third-order valence-corrected chi connectivity index (χ3v) is 4.50. The van der Waals surface area contributed by atoms with Crippen molar-refractivity contribution >= 4 is 27.7 Å². The van der Waals surface area contributed by atoms with Crippen LogP contribution in [0.2, 0.25) is 0 Å². The zero-order valence-electron chi connectivity index (χ0n) is 11.5. The standard InChI is InChI=1S/C15H22BrNOS/c1-19-8-4-2-3-6-17-11-13-10-14(16)9-12-5-7-18-15(12)13/h9-10,17H,2-8,11H2,1H3. The minimum atomic E-state index is 0.827. The van der Waals surface area contributed by atoms with Crippen molar-refractivity contribution in [1.82, 2.24) is 5.32 Å². The van der Waals surface area contributed by atoms with Gasteiger partial charge in [0.25, 0.3) is 0 Å². The summed E-state index contributed by atoms with van der Waals surface area (Å²) in [5.74, 6) is 2.39. The molecule has 0 atom stereocenters. The maximum absolute atomic E-state index is 5.73. The van der Waals surface area contributed by atoms with Crippen molar-refractivity contribution in [2.45, 2.75) is 32.2 Å². The molecule has 19 heavy (non-hydrogen) atoms. The number of thioether (sulfide) groups is 1. The average Bonchev–Trinajstić information content (AvgIpc) is 2.85. The third kappa shape index (κ3) is 4.69. The first-order valence-corrected chi connectivity index (χ1v) is 9.13. The van der Waals surface area contributed by atoms with Crippen LogP contribution in [0.5, 0.6) is 5.75 Å². The van der Waals surface area contributed by atoms with Gasteiger partial charge in [-0.1, -0.05) is 22.4 Å². The fraction of sp³-hybridized carbons (Fsp3) is 0.600. The van der Waals surface area contributed by atoms with Crippen molar-refractivity contribution in [1.29, 1.82) is 0 Å². The highest BCUT2D eigenvalue weighted by molar-refractivity contribution is 9.10. The molecule has 0 bridgehead atoms. The molecule has 0 spiro atoms. The van der Waals surface area contributed by atoms with Crippen LogP contribution in [0, 0.1) is 0 Å². The number of nitrogens with one attached hydrogen (secondary N) is 1. The first-order chi connectivity index (χ1) is 9.31. The Morgan fingerprint density at radius 2 is 2.21 bits per heavy atom. The van der Waals surface area contributed by atoms with Crippen molar-refractivity contribution in [2.75, 3.05) is 25.2 Å². The lowest BCUT2D eigenvalue weighted by Crippen LogP contribution is -2.15. The third-order valence-electron chi connectivity index (χ3n) is 3.34. The normalized spacial score (nSPS) is 13.4. The van der Waals surface area contributed by atoms with E-state index in [4.69, 9.17) is 4.74 Å². The van der Waals surface area contributed by atoms with Gasteiger partial charge in [-0.2, -0.15) is 11.8 Å². The number of fused-ring (bicyclic) bond motifs is 1. The molecule has 0 amide bonds. The van der Waals surface area contributed by atoms with Gasteiger partial charge >= 0.3 is 0 Å². The maximum atomic E-state index is 5.73. The van der Waals surface area contributed by atoms with Crippen molar-refractivity contribution in [3.8, 4) is 5.75 Å². The predicted octanol–water partition coefficient (Wildman–Crippen LogP) is 4.01. The molecule has 106 valence electrons. The summed E-state index contributed by atoms with van der Waals surface area (Å²) >= 11 is 5.52. The van der Waals surface area contributed by atoms with Gasteiger partial charge in [0.05, 0.1) is 6.61 Å². The molecular formula is C15H22BrNOS. The molecule has 1 aromatic carbocycles. The lowest BCUT2D eigenvalue weighted by Gasteiger charge is -2.10. The molecule has 1 aliphatic heterocycles. The van der Waals surface area contributed by atoms with Gasteiger partial charge in [0, 0.05) is 23.0 Å². The van der Waals surface area contributed by atoms with Crippen LogP contribution in [0.25, 0.3) is 0 Å². The molecule has 0 aliphatic carbocycles. The lowest BCUT2D eigenvalue weighted by molar-refractivity contribution is 0.352. The van der Waals surface area contributed by atoms with E-state index in [1.807, 2.05) is 11.8 Å². The second-order valence-corrected chi connectivity index (χ2v) is 6.78. The summed E-state index contributed by atoms with van der Waals surface area (Å²) in [6.45, 7) is 2.83. The Morgan fingerprint density at radius 1 is 1.32 bits per heavy atom. The predicted molar refractivity (Wildman–Crippen MR) is 87.3 cm³/mol. The molecule has 4 heteroatoms. The Labute approximate surface area is 128 Å². The van der Waals surface area contributed by atoms with E-state index in [0.29, 0.717) is 0 Å². The Kier molecular flexibility index (Phi) is 6.54. The number of halogens is 1. The Balaban J connectivity index is 1.74. The van der Waals surface area contributed by atoms with E-state index in [1.54, 1.807) is 0 Å². The summed E-state index contributed by atoms with van der Waals surface area (Å²) in [5.41, 5.74) is 2.62. The number of hydrogen-bond acceptors (Lipinski definition) is 3. The first kappa shape index (κ1) is 15.2. The SMILES string of the molecule is CSCCCCCNCc1cc(Br)cc2c1OCC2. The summed E-state index contributed by atoms with van der Waals surface area (Å²) in [6.07, 6.45) is 7.12. The molecule has 1 aliphatic rings. The van der Waals surface area contributed by atoms with Crippen molar-refractivity contribution in [2.24, 2.45) is 0 Å². The summed E-state index contributed by atoms with van der Waals surface area (Å²) < 4.78 is 6.89. The number of unbranched alkanes of at least 4 members (excludes halogenated alkanes) is 2. The zero-order chi connectivity index (χ0) is 13.5. The fourth-order valence-electron chi connectivity index (χ4n) is 2.37. The van der Waals surface area contributed by atoms with E-state index >= 15 is 0 Å². The molecule has 2 nitrogen and oxygen atoms in total. The fourth-order valence-corrected chi connectivity index (χ4v) is 3.42.